The Morgan fingerprint density at radius 3 is 2.56 bits per heavy atom. The lowest BCUT2D eigenvalue weighted by Crippen LogP contribution is -2.49. The highest BCUT2D eigenvalue weighted by atomic mass is 19.4. The van der Waals surface area contributed by atoms with E-state index in [-0.39, 0.29) is 18.0 Å². The van der Waals surface area contributed by atoms with Crippen molar-refractivity contribution in [2.24, 2.45) is 14.1 Å². The molecule has 0 N–H and O–H groups in total. The molecule has 32 heavy (non-hydrogen) atoms. The molecule has 1 aromatic carbocycles. The number of aryl methyl sites for hydroxylation is 3. The Labute approximate surface area is 183 Å². The van der Waals surface area contributed by atoms with Gasteiger partial charge in [-0.2, -0.15) is 23.4 Å². The van der Waals surface area contributed by atoms with Crippen molar-refractivity contribution in [3.8, 4) is 11.4 Å². The van der Waals surface area contributed by atoms with Gasteiger partial charge in [-0.3, -0.25) is 14.2 Å². The second kappa shape index (κ2) is 7.21. The second-order valence-corrected chi connectivity index (χ2v) is 8.76. The van der Waals surface area contributed by atoms with Gasteiger partial charge >= 0.3 is 6.18 Å². The Bertz CT molecular complexity index is 1210. The number of benzene rings is 1. The quantitative estimate of drug-likeness (QED) is 0.589. The Morgan fingerprint density at radius 2 is 1.88 bits per heavy atom. The van der Waals surface area contributed by atoms with E-state index in [2.05, 4.69) is 5.10 Å². The van der Waals surface area contributed by atoms with E-state index in [1.54, 1.807) is 11.7 Å². The molecule has 0 radical (unpaired) electrons. The molecule has 2 aliphatic rings. The normalized spacial score (nSPS) is 20.4. The Kier molecular flexibility index (Phi) is 4.69. The van der Waals surface area contributed by atoms with Gasteiger partial charge in [0.25, 0.3) is 5.91 Å². The fourth-order valence-corrected chi connectivity index (χ4v) is 5.22. The minimum absolute atomic E-state index is 0.00692. The number of carbonyl (C=O) groups is 1. The van der Waals surface area contributed by atoms with Crippen molar-refractivity contribution in [3.05, 3.63) is 58.4 Å². The van der Waals surface area contributed by atoms with E-state index in [1.165, 1.54) is 11.7 Å². The molecule has 3 aromatic rings. The third kappa shape index (κ3) is 3.22. The Balaban J connectivity index is 1.58. The van der Waals surface area contributed by atoms with Gasteiger partial charge in [-0.15, -0.1) is 0 Å². The number of nitrogens with zero attached hydrogens (tertiary/aromatic N) is 5. The molecule has 6 nitrogen and oxygen atoms in total. The summed E-state index contributed by atoms with van der Waals surface area (Å²) in [5.74, 6) is -0.0128. The maximum Gasteiger partial charge on any atom is 0.435 e. The van der Waals surface area contributed by atoms with Gasteiger partial charge in [0.2, 0.25) is 0 Å². The highest BCUT2D eigenvalue weighted by Gasteiger charge is 2.44. The van der Waals surface area contributed by atoms with Crippen LogP contribution in [-0.2, 0) is 26.7 Å². The first kappa shape index (κ1) is 20.8. The zero-order chi connectivity index (χ0) is 22.8. The number of amides is 1. The smallest absolute Gasteiger partial charge is 0.327 e. The van der Waals surface area contributed by atoms with Crippen molar-refractivity contribution in [1.82, 2.24) is 24.5 Å². The average molecular weight is 443 g/mol. The predicted octanol–water partition coefficient (Wildman–Crippen LogP) is 4.44. The molecule has 2 aromatic heterocycles. The minimum atomic E-state index is -4.51. The third-order valence-corrected chi connectivity index (χ3v) is 6.59. The van der Waals surface area contributed by atoms with E-state index in [1.807, 2.05) is 36.1 Å². The fourth-order valence-electron chi connectivity index (χ4n) is 5.22. The molecule has 5 rings (SSSR count). The van der Waals surface area contributed by atoms with Crippen LogP contribution in [0.15, 0.2) is 30.3 Å². The highest BCUT2D eigenvalue weighted by Crippen LogP contribution is 2.45. The second-order valence-electron chi connectivity index (χ2n) is 8.76. The number of rotatable bonds is 2. The number of hydrogen-bond acceptors (Lipinski definition) is 3. The van der Waals surface area contributed by atoms with Crippen LogP contribution in [0.25, 0.3) is 11.4 Å². The van der Waals surface area contributed by atoms with E-state index in [9.17, 15) is 18.0 Å². The summed E-state index contributed by atoms with van der Waals surface area (Å²) in [5.41, 5.74) is 3.49. The van der Waals surface area contributed by atoms with E-state index in [4.69, 9.17) is 5.10 Å². The van der Waals surface area contributed by atoms with Crippen LogP contribution in [0.5, 0.6) is 0 Å². The number of halogens is 3. The molecule has 1 saturated heterocycles. The molecule has 0 unspecified atom stereocenters. The molecule has 0 spiro atoms. The first-order chi connectivity index (χ1) is 15.1. The third-order valence-electron chi connectivity index (χ3n) is 6.59. The van der Waals surface area contributed by atoms with Gasteiger partial charge in [-0.05, 0) is 50.8 Å². The summed E-state index contributed by atoms with van der Waals surface area (Å²) in [7, 11) is 3.26. The molecule has 1 fully saturated rings. The van der Waals surface area contributed by atoms with Crippen LogP contribution in [0.4, 0.5) is 13.2 Å². The lowest BCUT2D eigenvalue weighted by atomic mass is 9.81. The standard InChI is InChI=1S/C23H24F3N5O/c1-13-6-4-7-14(10-13)22(32)31-15-8-5-9-17(31)20-16(11-15)21(30(3)28-20)18-12-19(23(24,25)26)27-29(18)2/h4,6-7,10,12,15,17H,5,8-9,11H2,1-3H3/t15-,17+/m1/s1. The molecule has 0 aliphatic carbocycles. The van der Waals surface area contributed by atoms with Crippen LogP contribution in [-0.4, -0.2) is 36.4 Å². The van der Waals surface area contributed by atoms with Crippen molar-refractivity contribution in [2.75, 3.05) is 0 Å². The van der Waals surface area contributed by atoms with Gasteiger partial charge in [0.1, 0.15) is 0 Å². The molecule has 168 valence electrons. The number of piperidine rings is 1. The molecular weight excluding hydrogens is 419 g/mol. The fraction of sp³-hybridized carbons (Fsp3) is 0.435. The zero-order valence-electron chi connectivity index (χ0n) is 18.1. The van der Waals surface area contributed by atoms with Crippen molar-refractivity contribution in [1.29, 1.82) is 0 Å². The first-order valence-electron chi connectivity index (χ1n) is 10.7. The van der Waals surface area contributed by atoms with Gasteiger partial charge in [-0.25, -0.2) is 0 Å². The van der Waals surface area contributed by atoms with E-state index >= 15 is 0 Å². The summed E-state index contributed by atoms with van der Waals surface area (Å²) >= 11 is 0. The van der Waals surface area contributed by atoms with Crippen LogP contribution < -0.4 is 0 Å². The lowest BCUT2D eigenvalue weighted by Gasteiger charge is -2.45. The van der Waals surface area contributed by atoms with E-state index < -0.39 is 11.9 Å². The molecular formula is C23H24F3N5O. The summed E-state index contributed by atoms with van der Waals surface area (Å²) in [6, 6.07) is 8.46. The molecule has 2 aliphatic heterocycles. The van der Waals surface area contributed by atoms with Gasteiger partial charge < -0.3 is 4.90 Å². The molecule has 1 amide bonds. The minimum Gasteiger partial charge on any atom is -0.327 e. The van der Waals surface area contributed by atoms with Crippen LogP contribution >= 0.6 is 0 Å². The van der Waals surface area contributed by atoms with Crippen LogP contribution in [0.2, 0.25) is 0 Å². The average Bonchev–Trinajstić information content (AvgIpc) is 3.26. The van der Waals surface area contributed by atoms with Gasteiger partial charge in [0.05, 0.1) is 23.1 Å². The summed E-state index contributed by atoms with van der Waals surface area (Å²) < 4.78 is 42.6. The zero-order valence-corrected chi connectivity index (χ0v) is 18.1. The van der Waals surface area contributed by atoms with E-state index in [0.717, 1.165) is 42.1 Å². The maximum absolute atomic E-state index is 13.5. The molecule has 2 bridgehead atoms. The van der Waals surface area contributed by atoms with Crippen LogP contribution in [0.1, 0.15) is 58.2 Å². The lowest BCUT2D eigenvalue weighted by molar-refractivity contribution is -0.141. The van der Waals surface area contributed by atoms with Crippen molar-refractivity contribution >= 4 is 5.91 Å². The van der Waals surface area contributed by atoms with Gasteiger partial charge in [-0.1, -0.05) is 17.7 Å². The summed E-state index contributed by atoms with van der Waals surface area (Å²) in [6.07, 6.45) is -1.30. The monoisotopic (exact) mass is 443 g/mol. The van der Waals surface area contributed by atoms with Crippen LogP contribution in [0, 0.1) is 6.92 Å². The number of hydrogen-bond donors (Lipinski definition) is 0. The summed E-state index contributed by atoms with van der Waals surface area (Å²) in [6.45, 7) is 1.96. The molecule has 9 heteroatoms. The molecule has 4 heterocycles. The molecule has 0 saturated carbocycles. The number of fused-ring (bicyclic) bond motifs is 4. The van der Waals surface area contributed by atoms with Crippen molar-refractivity contribution < 1.29 is 18.0 Å². The van der Waals surface area contributed by atoms with Gasteiger partial charge in [0.15, 0.2) is 5.69 Å². The van der Waals surface area contributed by atoms with Crippen molar-refractivity contribution in [3.63, 3.8) is 0 Å². The number of aromatic nitrogens is 4. The highest BCUT2D eigenvalue weighted by molar-refractivity contribution is 5.95. The largest absolute Gasteiger partial charge is 0.435 e. The Hall–Kier alpha value is -3.10. The Morgan fingerprint density at radius 1 is 1.09 bits per heavy atom. The van der Waals surface area contributed by atoms with E-state index in [0.29, 0.717) is 23.4 Å². The predicted molar refractivity (Wildman–Crippen MR) is 112 cm³/mol. The number of alkyl halides is 3. The topological polar surface area (TPSA) is 56.0 Å². The summed E-state index contributed by atoms with van der Waals surface area (Å²) in [4.78, 5) is 15.4. The maximum atomic E-state index is 13.5. The SMILES string of the molecule is Cc1cccc(C(=O)N2[C@@H]3CCC[C@H]2c2nn(C)c(-c4cc(C(F)(F)F)nn4C)c2C3)c1. The van der Waals surface area contributed by atoms with Crippen LogP contribution in [0.3, 0.4) is 0 Å². The van der Waals surface area contributed by atoms with Crippen molar-refractivity contribution in [2.45, 2.75) is 50.9 Å². The van der Waals surface area contributed by atoms with Gasteiger partial charge in [0, 0.05) is 31.3 Å². The molecule has 2 atom stereocenters. The first-order valence-corrected chi connectivity index (χ1v) is 10.7. The summed E-state index contributed by atoms with van der Waals surface area (Å²) in [5, 5.41) is 8.38. The number of carbonyl (C=O) groups excluding carboxylic acids is 1.